The predicted octanol–water partition coefficient (Wildman–Crippen LogP) is 2.90. The first kappa shape index (κ1) is 17.8. The first-order valence-corrected chi connectivity index (χ1v) is 9.40. The van der Waals surface area contributed by atoms with Crippen LogP contribution in [0.4, 0.5) is 0 Å². The van der Waals surface area contributed by atoms with E-state index in [0.29, 0.717) is 0 Å². The van der Waals surface area contributed by atoms with E-state index >= 15 is 0 Å². The second-order valence-corrected chi connectivity index (χ2v) is 7.05. The molecule has 0 radical (unpaired) electrons. The van der Waals surface area contributed by atoms with E-state index in [0.717, 1.165) is 50.2 Å². The van der Waals surface area contributed by atoms with Crippen LogP contribution in [0.3, 0.4) is 0 Å². The van der Waals surface area contributed by atoms with Gasteiger partial charge in [-0.1, -0.05) is 50.8 Å². The lowest BCUT2D eigenvalue weighted by atomic mass is 9.83. The van der Waals surface area contributed by atoms with Gasteiger partial charge in [-0.25, -0.2) is 0 Å². The molecule has 126 valence electrons. The minimum absolute atomic E-state index is 0.0958. The highest BCUT2D eigenvalue weighted by Gasteiger charge is 2.33. The number of hydrogen-bond donors (Lipinski definition) is 1. The molecule has 1 fully saturated rings. The monoisotopic (exact) mass is 335 g/mol. The molecule has 23 heavy (non-hydrogen) atoms. The van der Waals surface area contributed by atoms with Crippen LogP contribution in [-0.4, -0.2) is 32.0 Å². The van der Waals surface area contributed by atoms with E-state index < -0.39 is 5.54 Å². The highest BCUT2D eigenvalue weighted by Crippen LogP contribution is 2.27. The quantitative estimate of drug-likeness (QED) is 0.583. The number of amides is 1. The maximum Gasteiger partial charge on any atom is 0.231 e. The van der Waals surface area contributed by atoms with E-state index in [1.807, 2.05) is 4.57 Å². The molecule has 6 nitrogen and oxygen atoms in total. The molecule has 7 heteroatoms. The number of aryl methyl sites for hydroxylation is 1. The molecule has 0 bridgehead atoms. The maximum atomic E-state index is 12.2. The van der Waals surface area contributed by atoms with Crippen molar-refractivity contribution in [3.63, 3.8) is 0 Å². The maximum absolute atomic E-state index is 12.2. The lowest BCUT2D eigenvalue weighted by Crippen LogP contribution is -2.49. The van der Waals surface area contributed by atoms with Crippen LogP contribution in [0.2, 0.25) is 0 Å². The summed E-state index contributed by atoms with van der Waals surface area (Å²) in [5, 5.41) is 21.1. The molecular weight excluding hydrogens is 310 g/mol. The molecule has 0 spiro atoms. The van der Waals surface area contributed by atoms with Gasteiger partial charge in [-0.3, -0.25) is 4.79 Å². The fourth-order valence-electron chi connectivity index (χ4n) is 2.89. The summed E-state index contributed by atoms with van der Waals surface area (Å²) in [7, 11) is 0. The van der Waals surface area contributed by atoms with Gasteiger partial charge in [0.05, 0.1) is 11.8 Å². The van der Waals surface area contributed by atoms with E-state index in [4.69, 9.17) is 0 Å². The Labute approximate surface area is 142 Å². The number of hydrogen-bond acceptors (Lipinski definition) is 5. The summed E-state index contributed by atoms with van der Waals surface area (Å²) < 4.78 is 1.99. The van der Waals surface area contributed by atoms with Crippen LogP contribution >= 0.6 is 11.8 Å². The second kappa shape index (κ2) is 8.92. The lowest BCUT2D eigenvalue weighted by molar-refractivity contribution is -0.120. The van der Waals surface area contributed by atoms with Crippen molar-refractivity contribution < 1.29 is 4.79 Å². The van der Waals surface area contributed by atoms with Gasteiger partial charge >= 0.3 is 0 Å². The Morgan fingerprint density at radius 2 is 2.22 bits per heavy atom. The van der Waals surface area contributed by atoms with Gasteiger partial charge in [0.2, 0.25) is 5.91 Å². The number of carbonyl (C=O) groups is 1. The largest absolute Gasteiger partial charge is 0.337 e. The van der Waals surface area contributed by atoms with Gasteiger partial charge in [0.25, 0.3) is 0 Å². The molecule has 1 aromatic heterocycles. The zero-order chi connectivity index (χ0) is 16.5. The Kier molecular flexibility index (Phi) is 6.90. The Hall–Kier alpha value is -1.55. The molecule has 1 aromatic rings. The predicted molar refractivity (Wildman–Crippen MR) is 89.8 cm³/mol. The SMILES string of the molecule is CCCCCn1cnnc1SCC(=O)NC1(C#N)CCCCC1. The van der Waals surface area contributed by atoms with Gasteiger partial charge in [-0.15, -0.1) is 10.2 Å². The third-order valence-electron chi connectivity index (χ3n) is 4.21. The molecule has 0 atom stereocenters. The fraction of sp³-hybridized carbons (Fsp3) is 0.750. The number of aromatic nitrogens is 3. The normalized spacial score (nSPS) is 16.7. The highest BCUT2D eigenvalue weighted by molar-refractivity contribution is 7.99. The second-order valence-electron chi connectivity index (χ2n) is 6.11. The zero-order valence-corrected chi connectivity index (χ0v) is 14.6. The Morgan fingerprint density at radius 1 is 1.43 bits per heavy atom. The van der Waals surface area contributed by atoms with Crippen LogP contribution in [0.25, 0.3) is 0 Å². The minimum atomic E-state index is -0.662. The Balaban J connectivity index is 1.82. The third kappa shape index (κ3) is 5.24. The van der Waals surface area contributed by atoms with Crippen molar-refractivity contribution >= 4 is 17.7 Å². The standard InChI is InChI=1S/C16H25N5OS/c1-2-3-7-10-21-13-18-20-15(21)23-11-14(22)19-16(12-17)8-5-4-6-9-16/h13H,2-11H2,1H3,(H,19,22). The molecule has 1 aliphatic carbocycles. The van der Waals surface area contributed by atoms with Crippen molar-refractivity contribution in [2.75, 3.05) is 5.75 Å². The van der Waals surface area contributed by atoms with Crippen LogP contribution in [0, 0.1) is 11.3 Å². The summed E-state index contributed by atoms with van der Waals surface area (Å²) in [5.74, 6) is 0.178. The van der Waals surface area contributed by atoms with Gasteiger partial charge < -0.3 is 9.88 Å². The number of thioether (sulfide) groups is 1. The van der Waals surface area contributed by atoms with E-state index in [2.05, 4.69) is 28.5 Å². The summed E-state index contributed by atoms with van der Waals surface area (Å²) >= 11 is 1.39. The molecule has 0 saturated heterocycles. The molecule has 0 aromatic carbocycles. The van der Waals surface area contributed by atoms with Gasteiger partial charge in [0.1, 0.15) is 11.9 Å². The minimum Gasteiger partial charge on any atom is -0.337 e. The number of carbonyl (C=O) groups excluding carboxylic acids is 1. The van der Waals surface area contributed by atoms with Crippen LogP contribution < -0.4 is 5.32 Å². The van der Waals surface area contributed by atoms with E-state index in [9.17, 15) is 10.1 Å². The summed E-state index contributed by atoms with van der Waals surface area (Å²) in [4.78, 5) is 12.2. The first-order valence-electron chi connectivity index (χ1n) is 8.42. The van der Waals surface area contributed by atoms with Gasteiger partial charge in [0.15, 0.2) is 5.16 Å². The van der Waals surface area contributed by atoms with Crippen molar-refractivity contribution in [1.82, 2.24) is 20.1 Å². The molecule has 1 N–H and O–H groups in total. The number of nitrogens with one attached hydrogen (secondary N) is 1. The Morgan fingerprint density at radius 3 is 2.91 bits per heavy atom. The molecule has 1 aliphatic rings. The summed E-state index contributed by atoms with van der Waals surface area (Å²) in [5.41, 5.74) is -0.662. The van der Waals surface area contributed by atoms with E-state index in [1.54, 1.807) is 6.33 Å². The Bertz CT molecular complexity index is 545. The molecule has 0 unspecified atom stereocenters. The zero-order valence-electron chi connectivity index (χ0n) is 13.8. The fourth-order valence-corrected chi connectivity index (χ4v) is 3.64. The van der Waals surface area contributed by atoms with Crippen molar-refractivity contribution in [2.24, 2.45) is 0 Å². The number of nitrogens with zero attached hydrogens (tertiary/aromatic N) is 4. The molecule has 1 amide bonds. The van der Waals surface area contributed by atoms with Crippen LogP contribution in [0.5, 0.6) is 0 Å². The van der Waals surface area contributed by atoms with Gasteiger partial charge in [0, 0.05) is 6.54 Å². The smallest absolute Gasteiger partial charge is 0.231 e. The first-order chi connectivity index (χ1) is 11.2. The van der Waals surface area contributed by atoms with E-state index in [-0.39, 0.29) is 11.7 Å². The van der Waals surface area contributed by atoms with Crippen molar-refractivity contribution in [3.05, 3.63) is 6.33 Å². The highest BCUT2D eigenvalue weighted by atomic mass is 32.2. The molecule has 1 heterocycles. The van der Waals surface area contributed by atoms with Gasteiger partial charge in [-0.05, 0) is 19.3 Å². The van der Waals surface area contributed by atoms with Crippen LogP contribution in [-0.2, 0) is 11.3 Å². The molecular formula is C16H25N5OS. The average molecular weight is 335 g/mol. The van der Waals surface area contributed by atoms with Gasteiger partial charge in [-0.2, -0.15) is 5.26 Å². The van der Waals surface area contributed by atoms with Crippen LogP contribution in [0.1, 0.15) is 58.3 Å². The molecule has 0 aliphatic heterocycles. The van der Waals surface area contributed by atoms with E-state index in [1.165, 1.54) is 24.6 Å². The van der Waals surface area contributed by atoms with Crippen molar-refractivity contribution in [3.8, 4) is 6.07 Å². The molecule has 1 saturated carbocycles. The molecule has 2 rings (SSSR count). The number of nitriles is 1. The van der Waals surface area contributed by atoms with Crippen molar-refractivity contribution in [1.29, 1.82) is 5.26 Å². The summed E-state index contributed by atoms with van der Waals surface area (Å²) in [6, 6.07) is 2.31. The van der Waals surface area contributed by atoms with Crippen molar-refractivity contribution in [2.45, 2.75) is 75.5 Å². The summed E-state index contributed by atoms with van der Waals surface area (Å²) in [6.07, 6.45) is 9.82. The number of unbranched alkanes of at least 4 members (excludes halogenated alkanes) is 2. The lowest BCUT2D eigenvalue weighted by Gasteiger charge is -2.31. The summed E-state index contributed by atoms with van der Waals surface area (Å²) in [6.45, 7) is 3.05. The average Bonchev–Trinajstić information content (AvgIpc) is 3.01. The number of rotatable bonds is 8. The van der Waals surface area contributed by atoms with Crippen LogP contribution in [0.15, 0.2) is 11.5 Å². The topological polar surface area (TPSA) is 83.6 Å². The third-order valence-corrected chi connectivity index (χ3v) is 5.20.